The highest BCUT2D eigenvalue weighted by Crippen LogP contribution is 2.28. The Kier molecular flexibility index (Phi) is 26.1. The van der Waals surface area contributed by atoms with Crippen LogP contribution in [0, 0.1) is 29.6 Å². The Morgan fingerprint density at radius 3 is 2.07 bits per heavy atom. The molecule has 3 aliphatic heterocycles. The van der Waals surface area contributed by atoms with E-state index in [4.69, 9.17) is 18.9 Å². The summed E-state index contributed by atoms with van der Waals surface area (Å²) in [6.07, 6.45) is -4.40. The molecular weight excluding hydrogens is 1110 g/mol. The number of likely N-dealkylation sites (N-methyl/N-ethyl adjacent to an activating group) is 2. The van der Waals surface area contributed by atoms with Crippen LogP contribution in [0.2, 0.25) is 0 Å². The summed E-state index contributed by atoms with van der Waals surface area (Å²) in [4.78, 5) is 151. The topological polar surface area (TPSA) is 277 Å². The molecule has 2 aromatic carbocycles. The van der Waals surface area contributed by atoms with Crippen LogP contribution in [0.4, 0.5) is 0 Å². The predicted octanol–water partition coefficient (Wildman–Crippen LogP) is 4.54. The fraction of sp³-hybridized carbons (Fsp3) is 0.656. The Morgan fingerprint density at radius 2 is 1.47 bits per heavy atom. The Bertz CT molecular complexity index is 2670. The molecule has 22 nitrogen and oxygen atoms in total. The van der Waals surface area contributed by atoms with Gasteiger partial charge in [0.2, 0.25) is 35.4 Å². The molecule has 3 fully saturated rings. The Balaban J connectivity index is 1.58. The largest absolute Gasteiger partial charge is 0.497 e. The minimum atomic E-state index is -1.76. The Morgan fingerprint density at radius 1 is 0.814 bits per heavy atom. The number of nitrogens with zero attached hydrogens (tertiary/aromatic N) is 4. The number of nitrogens with one attached hydrogen (secondary N) is 3. The second kappa shape index (κ2) is 32.2. The van der Waals surface area contributed by atoms with Crippen LogP contribution in [-0.2, 0) is 75.2 Å². The maximum Gasteiger partial charge on any atom is 0.329 e. The zero-order valence-corrected chi connectivity index (χ0v) is 52.9. The van der Waals surface area contributed by atoms with E-state index in [2.05, 4.69) is 16.0 Å². The van der Waals surface area contributed by atoms with E-state index in [-0.39, 0.29) is 57.2 Å². The molecule has 0 saturated carbocycles. The summed E-state index contributed by atoms with van der Waals surface area (Å²) >= 11 is 0. The number of carbonyl (C=O) groups excluding carboxylic acids is 10. The molecular formula is C64H95N7O15. The average Bonchev–Trinajstić information content (AvgIpc) is 2.79. The van der Waals surface area contributed by atoms with Gasteiger partial charge in [0.1, 0.15) is 54.2 Å². The first-order valence-electron chi connectivity index (χ1n) is 30.6. The number of fused-ring (bicyclic) bond motifs is 1. The molecule has 7 amide bonds. The first-order chi connectivity index (χ1) is 40.6. The van der Waals surface area contributed by atoms with Crippen LogP contribution in [0.3, 0.4) is 0 Å². The fourth-order valence-electron chi connectivity index (χ4n) is 11.4. The van der Waals surface area contributed by atoms with Gasteiger partial charge < -0.3 is 59.6 Å². The van der Waals surface area contributed by atoms with E-state index in [9.17, 15) is 38.7 Å². The van der Waals surface area contributed by atoms with Crippen LogP contribution in [0.5, 0.6) is 5.75 Å². The van der Waals surface area contributed by atoms with Gasteiger partial charge in [0.05, 0.1) is 38.2 Å². The summed E-state index contributed by atoms with van der Waals surface area (Å²) in [5.74, 6) is -9.89. The minimum absolute atomic E-state index is 0.0861. The normalized spacial score (nSPS) is 26.3. The van der Waals surface area contributed by atoms with Crippen molar-refractivity contribution < 1.29 is 72.0 Å². The van der Waals surface area contributed by atoms with Gasteiger partial charge >= 0.3 is 11.9 Å². The SMILES string of the molecule is CC[C@H](C)[C@H]1NC(=O)[C@H](NC(=O)[C@@H](CC(C)C)N(C)C(=O)[C@@H]2CCCN2C(=O)[C@H](C)OCc2ccccc2)[C@@H](C)OC(=O)[C@H](Cc2ccc(OC)cc2)N(C)C(=O)[C@@H]2CCCN2C(=O)[C@H](CC(C)C)NC(=O)[C@@H](C)C(=O)[C@H](C(C)C)OC(=O)C[C@@H]1O. The Labute approximate surface area is 507 Å². The zero-order valence-electron chi connectivity index (χ0n) is 52.9. The molecule has 0 bridgehead atoms. The van der Waals surface area contributed by atoms with Gasteiger partial charge in [-0.3, -0.25) is 43.2 Å². The maximum atomic E-state index is 15.2. The lowest BCUT2D eigenvalue weighted by atomic mass is 9.91. The predicted molar refractivity (Wildman–Crippen MR) is 319 cm³/mol. The number of carbonyl (C=O) groups is 10. The van der Waals surface area contributed by atoms with E-state index >= 15 is 14.4 Å². The molecule has 5 rings (SSSR count). The van der Waals surface area contributed by atoms with Gasteiger partial charge in [0.15, 0.2) is 11.9 Å². The number of aliphatic hydroxyl groups is 1. The quantitative estimate of drug-likeness (QED) is 0.118. The van der Waals surface area contributed by atoms with Crippen molar-refractivity contribution in [3.05, 3.63) is 65.7 Å². The van der Waals surface area contributed by atoms with Gasteiger partial charge in [0.25, 0.3) is 5.91 Å². The van der Waals surface area contributed by atoms with Crippen LogP contribution in [-0.4, -0.2) is 185 Å². The van der Waals surface area contributed by atoms with Crippen LogP contribution in [0.25, 0.3) is 0 Å². The number of methoxy groups -OCH3 is 1. The number of ether oxygens (including phenoxy) is 4. The minimum Gasteiger partial charge on any atom is -0.497 e. The van der Waals surface area contributed by atoms with Gasteiger partial charge in [-0.15, -0.1) is 0 Å². The van der Waals surface area contributed by atoms with Gasteiger partial charge in [-0.1, -0.05) is 104 Å². The number of ketones is 1. The van der Waals surface area contributed by atoms with E-state index in [1.807, 2.05) is 58.0 Å². The molecule has 13 atom stereocenters. The fourth-order valence-corrected chi connectivity index (χ4v) is 11.4. The van der Waals surface area contributed by atoms with E-state index in [1.54, 1.807) is 58.9 Å². The van der Waals surface area contributed by atoms with Crippen molar-refractivity contribution in [1.29, 1.82) is 0 Å². The molecule has 0 spiro atoms. The average molecular weight is 1200 g/mol. The third-order valence-electron chi connectivity index (χ3n) is 16.8. The van der Waals surface area contributed by atoms with Gasteiger partial charge in [-0.2, -0.15) is 0 Å². The lowest BCUT2D eigenvalue weighted by molar-refractivity contribution is -0.163. The Hall–Kier alpha value is -6.94. The molecule has 0 radical (unpaired) electrons. The number of likely N-dealkylation sites (tertiary alicyclic amines) is 1. The summed E-state index contributed by atoms with van der Waals surface area (Å²) in [6, 6.07) is 7.26. The van der Waals surface area contributed by atoms with Crippen molar-refractivity contribution in [2.75, 3.05) is 34.3 Å². The van der Waals surface area contributed by atoms with Gasteiger partial charge in [0, 0.05) is 33.6 Å². The highest BCUT2D eigenvalue weighted by molar-refractivity contribution is 6.05. The number of cyclic esters (lactones) is 2. The highest BCUT2D eigenvalue weighted by atomic mass is 16.6. The van der Waals surface area contributed by atoms with Crippen molar-refractivity contribution in [2.24, 2.45) is 29.6 Å². The van der Waals surface area contributed by atoms with Crippen LogP contribution >= 0.6 is 0 Å². The third kappa shape index (κ3) is 18.3. The molecule has 0 aliphatic carbocycles. The number of amides is 7. The van der Waals surface area contributed by atoms with E-state index in [0.29, 0.717) is 37.0 Å². The molecule has 22 heteroatoms. The number of benzene rings is 2. The number of esters is 2. The molecule has 4 N–H and O–H groups in total. The molecule has 2 aromatic rings. The number of hydrogen-bond donors (Lipinski definition) is 4. The summed E-state index contributed by atoms with van der Waals surface area (Å²) in [6.45, 7) is 19.1. The lowest BCUT2D eigenvalue weighted by Crippen LogP contribution is -2.62. The van der Waals surface area contributed by atoms with Crippen LogP contribution in [0.15, 0.2) is 54.6 Å². The first-order valence-corrected chi connectivity index (χ1v) is 30.6. The van der Waals surface area contributed by atoms with E-state index in [0.717, 1.165) is 5.56 Å². The van der Waals surface area contributed by atoms with Crippen LogP contribution in [0.1, 0.15) is 139 Å². The summed E-state index contributed by atoms with van der Waals surface area (Å²) in [5.41, 5.74) is 1.44. The summed E-state index contributed by atoms with van der Waals surface area (Å²) in [5, 5.41) is 20.3. The molecule has 0 unspecified atom stereocenters. The number of Topliss-reactive ketones (excluding diaryl/α,β-unsaturated/α-hetero) is 1. The van der Waals surface area contributed by atoms with Gasteiger partial charge in [-0.05, 0) is 106 Å². The number of rotatable bonds is 18. The van der Waals surface area contributed by atoms with E-state index < -0.39 is 150 Å². The summed E-state index contributed by atoms with van der Waals surface area (Å²) in [7, 11) is 4.36. The van der Waals surface area contributed by atoms with E-state index in [1.165, 1.54) is 54.7 Å². The second-order valence-corrected chi connectivity index (χ2v) is 24.7. The molecule has 3 heterocycles. The molecule has 476 valence electrons. The smallest absolute Gasteiger partial charge is 0.329 e. The third-order valence-corrected chi connectivity index (χ3v) is 16.8. The number of hydrogen-bond acceptors (Lipinski definition) is 15. The maximum absolute atomic E-state index is 15.2. The molecule has 3 aliphatic rings. The lowest BCUT2D eigenvalue weighted by Gasteiger charge is -2.36. The van der Waals surface area contributed by atoms with Gasteiger partial charge in [-0.25, -0.2) is 4.79 Å². The van der Waals surface area contributed by atoms with Crippen molar-refractivity contribution >= 4 is 59.1 Å². The molecule has 86 heavy (non-hydrogen) atoms. The zero-order chi connectivity index (χ0) is 63.9. The molecule has 0 aromatic heterocycles. The van der Waals surface area contributed by atoms with Crippen molar-refractivity contribution in [2.45, 2.75) is 207 Å². The highest BCUT2D eigenvalue weighted by Gasteiger charge is 2.46. The molecule has 3 saturated heterocycles. The monoisotopic (exact) mass is 1200 g/mol. The van der Waals surface area contributed by atoms with Crippen LogP contribution < -0.4 is 20.7 Å². The van der Waals surface area contributed by atoms with Crippen molar-refractivity contribution in [3.8, 4) is 5.75 Å². The number of aliphatic hydroxyl groups excluding tert-OH is 1. The standard InChI is InChI=1S/C64H95N7O15/c1-15-39(8)53-51(72)34-52(73)86-56(38(6)7)55(74)40(9)57(75)65-46(31-36(2)3)61(79)71-30-20-24-48(71)63(81)69(13)50(33-43-25-27-45(83-14)28-26-43)64(82)85-41(10)54(59(77)66-53)67-58(76)49(32-37(4)5)68(12)62(80)47-23-19-29-70(47)60(78)42(11)84-35-44-21-17-16-18-22-44/h16-18,21-22,25-28,36-42,46-51,53-54,56,72H,15,19-20,23-24,29-35H2,1-14H3,(H,65,75)(H,66,77)(H,67,76)/t39-,40-,41+,42-,46-,47-,48-,49+,50-,51-,53+,54+,56-/m0/s1. The summed E-state index contributed by atoms with van der Waals surface area (Å²) < 4.78 is 23.3. The first kappa shape index (κ1) is 69.8. The van der Waals surface area contributed by atoms with Crippen molar-refractivity contribution in [3.63, 3.8) is 0 Å². The van der Waals surface area contributed by atoms with Crippen molar-refractivity contribution in [1.82, 2.24) is 35.6 Å². The second-order valence-electron chi connectivity index (χ2n) is 24.7.